The maximum atomic E-state index is 1.67. The minimum atomic E-state index is 0.412. The molecule has 0 nitrogen and oxygen atoms in total. The highest BCUT2D eigenvalue weighted by Crippen LogP contribution is 2.94. The second-order valence-electron chi connectivity index (χ2n) is 8.97. The molecule has 0 amide bonds. The summed E-state index contributed by atoms with van der Waals surface area (Å²) in [5, 5.41) is 2.94. The van der Waals surface area contributed by atoms with Crippen LogP contribution in [0.4, 0.5) is 0 Å². The van der Waals surface area contributed by atoms with Crippen molar-refractivity contribution < 1.29 is 0 Å². The zero-order valence-corrected chi connectivity index (χ0v) is 13.1. The lowest BCUT2D eigenvalue weighted by atomic mass is 10.2. The number of hydrogen-bond acceptors (Lipinski definition) is 0. The smallest absolute Gasteiger partial charge is 0.00554 e. The lowest BCUT2D eigenvalue weighted by Crippen LogP contribution is -2.31. The Hall–Kier alpha value is 0.430. The highest BCUT2D eigenvalue weighted by molar-refractivity contribution is 7.64. The van der Waals surface area contributed by atoms with E-state index in [0.29, 0.717) is 7.92 Å². The molecule has 0 unspecified atom stereocenters. The van der Waals surface area contributed by atoms with Crippen LogP contribution in [-0.2, 0) is 0 Å². The molecule has 0 aromatic heterocycles. The van der Waals surface area contributed by atoms with E-state index in [2.05, 4.69) is 0 Å². The van der Waals surface area contributed by atoms with E-state index in [1.807, 2.05) is 0 Å². The van der Waals surface area contributed by atoms with Crippen LogP contribution in [0.25, 0.3) is 0 Å². The largest absolute Gasteiger partial charge is 0.0867 e. The van der Waals surface area contributed by atoms with Gasteiger partial charge >= 0.3 is 0 Å². The third kappa shape index (κ3) is 1.36. The van der Waals surface area contributed by atoms with Gasteiger partial charge in [0.25, 0.3) is 0 Å². The van der Waals surface area contributed by atoms with Gasteiger partial charge in [-0.05, 0) is 110 Å². The van der Waals surface area contributed by atoms with Gasteiger partial charge in [-0.15, -0.1) is 0 Å². The summed E-state index contributed by atoms with van der Waals surface area (Å²) >= 11 is 0. The minimum absolute atomic E-state index is 0.412. The van der Waals surface area contributed by atoms with Crippen LogP contribution < -0.4 is 0 Å². The summed E-state index contributed by atoms with van der Waals surface area (Å²) in [6.07, 6.45) is 19.8. The van der Waals surface area contributed by atoms with E-state index in [4.69, 9.17) is 0 Å². The van der Waals surface area contributed by atoms with Gasteiger partial charge in [-0.25, -0.2) is 0 Å². The predicted octanol–water partition coefficient (Wildman–Crippen LogP) is 5.30. The fourth-order valence-electron chi connectivity index (χ4n) is 6.02. The van der Waals surface area contributed by atoms with Gasteiger partial charge in [0.1, 0.15) is 0 Å². The summed E-state index contributed by atoms with van der Waals surface area (Å²) < 4.78 is 0. The molecule has 0 aromatic carbocycles. The molecule has 0 atom stereocenters. The Morgan fingerprint density at radius 2 is 0.737 bits per heavy atom. The fraction of sp³-hybridized carbons (Fsp3) is 1.00. The summed E-state index contributed by atoms with van der Waals surface area (Å²) in [6, 6.07) is 0. The fourth-order valence-corrected chi connectivity index (χ4v) is 12.2. The topological polar surface area (TPSA) is 0 Å². The molecule has 6 saturated carbocycles. The molecule has 19 heavy (non-hydrogen) atoms. The zero-order chi connectivity index (χ0) is 12.3. The molecule has 0 saturated heterocycles. The lowest BCUT2D eigenvalue weighted by Gasteiger charge is -2.43. The minimum Gasteiger partial charge on any atom is -0.0867 e. The highest BCUT2D eigenvalue weighted by atomic mass is 31.1. The van der Waals surface area contributed by atoms with Gasteiger partial charge in [-0.2, -0.15) is 0 Å². The van der Waals surface area contributed by atoms with Crippen molar-refractivity contribution >= 4 is 7.92 Å². The SMILES string of the molecule is C1CC1C1(P(C2(C3CC3)CC2)C2(C3CC3)CC2)CC1. The van der Waals surface area contributed by atoms with Gasteiger partial charge in [0, 0.05) is 0 Å². The molecule has 6 aliphatic rings. The first-order valence-corrected chi connectivity index (χ1v) is 10.4. The van der Waals surface area contributed by atoms with Crippen molar-refractivity contribution in [3.8, 4) is 0 Å². The molecule has 6 rings (SSSR count). The van der Waals surface area contributed by atoms with Gasteiger partial charge in [-0.1, -0.05) is 7.92 Å². The third-order valence-electron chi connectivity index (χ3n) is 7.63. The van der Waals surface area contributed by atoms with Crippen molar-refractivity contribution in [1.82, 2.24) is 0 Å². The Labute approximate surface area is 118 Å². The molecule has 6 fully saturated rings. The van der Waals surface area contributed by atoms with Crippen molar-refractivity contribution in [1.29, 1.82) is 0 Å². The standard InChI is InChI=1S/C18H27P/c1-2-13(1)16(7-8-16)19(17(9-10-17)14-3-4-14)18(11-12-18)15-5-6-15/h13-15H,1-12H2. The van der Waals surface area contributed by atoms with Crippen LogP contribution in [0.2, 0.25) is 0 Å². The quantitative estimate of drug-likeness (QED) is 0.577. The van der Waals surface area contributed by atoms with Crippen LogP contribution in [-0.4, -0.2) is 15.5 Å². The van der Waals surface area contributed by atoms with Crippen molar-refractivity contribution in [3.05, 3.63) is 0 Å². The molecule has 0 radical (unpaired) electrons. The molecule has 0 spiro atoms. The van der Waals surface area contributed by atoms with E-state index in [-0.39, 0.29) is 0 Å². The lowest BCUT2D eigenvalue weighted by molar-refractivity contribution is 0.642. The molecule has 0 bridgehead atoms. The van der Waals surface area contributed by atoms with Gasteiger partial charge in [-0.3, -0.25) is 0 Å². The van der Waals surface area contributed by atoms with Gasteiger partial charge < -0.3 is 0 Å². The van der Waals surface area contributed by atoms with Crippen LogP contribution >= 0.6 is 7.92 Å². The average Bonchev–Trinajstić information content (AvgIpc) is 3.24. The molecule has 104 valence electrons. The van der Waals surface area contributed by atoms with Gasteiger partial charge in [0.2, 0.25) is 0 Å². The summed E-state index contributed by atoms with van der Waals surface area (Å²) in [5.74, 6) is 3.68. The Kier molecular flexibility index (Phi) is 1.81. The van der Waals surface area contributed by atoms with Crippen LogP contribution in [0, 0.1) is 17.8 Å². The van der Waals surface area contributed by atoms with Crippen LogP contribution in [0.15, 0.2) is 0 Å². The monoisotopic (exact) mass is 274 g/mol. The molecular weight excluding hydrogens is 247 g/mol. The first-order valence-electron chi connectivity index (χ1n) is 9.11. The second kappa shape index (κ2) is 3.11. The molecule has 6 aliphatic carbocycles. The Morgan fingerprint density at radius 3 is 0.895 bits per heavy atom. The van der Waals surface area contributed by atoms with Crippen LogP contribution in [0.3, 0.4) is 0 Å². The van der Waals surface area contributed by atoms with Crippen molar-refractivity contribution in [3.63, 3.8) is 0 Å². The molecule has 0 heterocycles. The van der Waals surface area contributed by atoms with Crippen molar-refractivity contribution in [2.45, 2.75) is 92.5 Å². The normalized spacial score (nSPS) is 40.3. The Balaban J connectivity index is 1.44. The molecule has 0 aromatic rings. The summed E-state index contributed by atoms with van der Waals surface area (Å²) in [7, 11) is 0.412. The van der Waals surface area contributed by atoms with Crippen LogP contribution in [0.5, 0.6) is 0 Å². The van der Waals surface area contributed by atoms with E-state index in [1.165, 1.54) is 17.8 Å². The molecule has 0 N–H and O–H groups in total. The van der Waals surface area contributed by atoms with E-state index >= 15 is 0 Å². The Morgan fingerprint density at radius 1 is 0.474 bits per heavy atom. The van der Waals surface area contributed by atoms with Gasteiger partial charge in [0.15, 0.2) is 0 Å². The number of rotatable bonds is 6. The third-order valence-corrected chi connectivity index (χ3v) is 12.7. The second-order valence-corrected chi connectivity index (χ2v) is 12.3. The Bertz CT molecular complexity index is 362. The highest BCUT2D eigenvalue weighted by Gasteiger charge is 2.77. The maximum absolute atomic E-state index is 1.67. The molecule has 0 aliphatic heterocycles. The molecule has 1 heteroatoms. The van der Waals surface area contributed by atoms with E-state index in [0.717, 1.165) is 15.5 Å². The van der Waals surface area contributed by atoms with E-state index in [1.54, 1.807) is 77.0 Å². The summed E-state index contributed by atoms with van der Waals surface area (Å²) in [5.41, 5.74) is 0. The average molecular weight is 274 g/mol. The first-order chi connectivity index (χ1) is 9.30. The summed E-state index contributed by atoms with van der Waals surface area (Å²) in [4.78, 5) is 0. The zero-order valence-electron chi connectivity index (χ0n) is 12.2. The maximum Gasteiger partial charge on any atom is -0.00554 e. The molecular formula is C18H27P. The van der Waals surface area contributed by atoms with E-state index < -0.39 is 0 Å². The van der Waals surface area contributed by atoms with Crippen LogP contribution in [0.1, 0.15) is 77.0 Å². The van der Waals surface area contributed by atoms with Crippen molar-refractivity contribution in [2.24, 2.45) is 17.8 Å². The number of hydrogen-bond donors (Lipinski definition) is 0. The first kappa shape index (κ1) is 11.1. The van der Waals surface area contributed by atoms with E-state index in [9.17, 15) is 0 Å². The van der Waals surface area contributed by atoms with Gasteiger partial charge in [0.05, 0.1) is 0 Å². The van der Waals surface area contributed by atoms with Crippen molar-refractivity contribution in [2.75, 3.05) is 0 Å². The predicted molar refractivity (Wildman–Crippen MR) is 81.0 cm³/mol. The summed E-state index contributed by atoms with van der Waals surface area (Å²) in [6.45, 7) is 0.